The van der Waals surface area contributed by atoms with E-state index in [1.165, 1.54) is 25.7 Å². The van der Waals surface area contributed by atoms with Gasteiger partial charge in [-0.05, 0) is 43.4 Å². The number of rotatable bonds is 27. The molecule has 0 bridgehead atoms. The standard InChI is InChI=1S/C34H54N2O8/c1-27(34(43)44)16-14-15-24-35-33(42)29-21-19-28(20-22-29)26-36(25-23-32(40)41)30(37)17-12-10-8-6-4-2-3-5-7-9-11-13-18-31(38)39/h19-22,27H,2-18,23-26H2,1H3,(H,35,42)(H,38,39)(H,40,41)(H,43,44)/t27-/m0/s1. The molecule has 0 aliphatic heterocycles. The summed E-state index contributed by atoms with van der Waals surface area (Å²) < 4.78 is 0. The van der Waals surface area contributed by atoms with Crippen molar-refractivity contribution in [2.24, 2.45) is 5.92 Å². The van der Waals surface area contributed by atoms with Crippen LogP contribution in [0.5, 0.6) is 0 Å². The Morgan fingerprint density at radius 1 is 0.659 bits per heavy atom. The first-order valence-corrected chi connectivity index (χ1v) is 16.4. The van der Waals surface area contributed by atoms with Gasteiger partial charge in [0.05, 0.1) is 12.3 Å². The van der Waals surface area contributed by atoms with Crippen LogP contribution in [0.15, 0.2) is 24.3 Å². The molecule has 0 heterocycles. The Bertz CT molecular complexity index is 995. The molecule has 1 aromatic rings. The predicted molar refractivity (Wildman–Crippen MR) is 169 cm³/mol. The maximum absolute atomic E-state index is 12.9. The van der Waals surface area contributed by atoms with Gasteiger partial charge in [-0.2, -0.15) is 0 Å². The topological polar surface area (TPSA) is 161 Å². The first-order chi connectivity index (χ1) is 21.1. The molecule has 1 atom stereocenters. The largest absolute Gasteiger partial charge is 0.481 e. The molecule has 0 radical (unpaired) electrons. The van der Waals surface area contributed by atoms with E-state index in [4.69, 9.17) is 15.3 Å². The lowest BCUT2D eigenvalue weighted by Gasteiger charge is -2.22. The average Bonchev–Trinajstić information content (AvgIpc) is 2.98. The van der Waals surface area contributed by atoms with E-state index in [1.807, 2.05) is 0 Å². The Hall–Kier alpha value is -3.43. The minimum absolute atomic E-state index is 0.0614. The van der Waals surface area contributed by atoms with Gasteiger partial charge in [0.2, 0.25) is 5.91 Å². The van der Waals surface area contributed by atoms with Crippen LogP contribution in [0.1, 0.15) is 138 Å². The number of hydrogen-bond acceptors (Lipinski definition) is 5. The van der Waals surface area contributed by atoms with E-state index < -0.39 is 23.8 Å². The van der Waals surface area contributed by atoms with Gasteiger partial charge in [-0.3, -0.25) is 24.0 Å². The summed E-state index contributed by atoms with van der Waals surface area (Å²) in [7, 11) is 0. The van der Waals surface area contributed by atoms with Crippen molar-refractivity contribution in [3.8, 4) is 0 Å². The average molecular weight is 619 g/mol. The van der Waals surface area contributed by atoms with Gasteiger partial charge < -0.3 is 25.5 Å². The van der Waals surface area contributed by atoms with Crippen molar-refractivity contribution in [1.82, 2.24) is 10.2 Å². The smallest absolute Gasteiger partial charge is 0.306 e. The highest BCUT2D eigenvalue weighted by atomic mass is 16.4. The number of carbonyl (C=O) groups is 5. The minimum atomic E-state index is -0.953. The van der Waals surface area contributed by atoms with Gasteiger partial charge in [-0.1, -0.05) is 89.7 Å². The molecule has 0 aliphatic carbocycles. The number of aliphatic carboxylic acids is 3. The second kappa shape index (κ2) is 24.0. The number of hydrogen-bond donors (Lipinski definition) is 4. The summed E-state index contributed by atoms with van der Waals surface area (Å²) in [6.07, 6.45) is 15.3. The Morgan fingerprint density at radius 3 is 1.66 bits per heavy atom. The van der Waals surface area contributed by atoms with Crippen LogP contribution >= 0.6 is 0 Å². The Balaban J connectivity index is 2.31. The van der Waals surface area contributed by atoms with E-state index in [-0.39, 0.29) is 37.7 Å². The fourth-order valence-corrected chi connectivity index (χ4v) is 4.99. The number of unbranched alkanes of at least 4 members (excludes halogenated alkanes) is 12. The van der Waals surface area contributed by atoms with E-state index in [0.29, 0.717) is 37.8 Å². The predicted octanol–water partition coefficient (Wildman–Crippen LogP) is 6.66. The molecule has 0 spiro atoms. The van der Waals surface area contributed by atoms with Crippen molar-refractivity contribution < 1.29 is 39.3 Å². The summed E-state index contributed by atoms with van der Waals surface area (Å²) in [5, 5.41) is 29.6. The van der Waals surface area contributed by atoms with Crippen LogP contribution < -0.4 is 5.32 Å². The number of carboxylic acids is 3. The molecule has 0 fully saturated rings. The fourth-order valence-electron chi connectivity index (χ4n) is 4.99. The first kappa shape index (κ1) is 38.6. The third kappa shape index (κ3) is 19.7. The molecular weight excluding hydrogens is 564 g/mol. The van der Waals surface area contributed by atoms with Gasteiger partial charge in [0, 0.05) is 38.0 Å². The number of nitrogens with zero attached hydrogens (tertiary/aromatic N) is 1. The number of benzene rings is 1. The van der Waals surface area contributed by atoms with Crippen molar-refractivity contribution in [1.29, 1.82) is 0 Å². The summed E-state index contributed by atoms with van der Waals surface area (Å²) in [4.78, 5) is 59.5. The maximum atomic E-state index is 12.9. The highest BCUT2D eigenvalue weighted by Gasteiger charge is 2.16. The van der Waals surface area contributed by atoms with Crippen LogP contribution in [0.2, 0.25) is 0 Å². The molecule has 10 heteroatoms. The van der Waals surface area contributed by atoms with Crippen LogP contribution in [0.3, 0.4) is 0 Å². The lowest BCUT2D eigenvalue weighted by Crippen LogP contribution is -2.32. The van der Waals surface area contributed by atoms with E-state index in [0.717, 1.165) is 56.9 Å². The van der Waals surface area contributed by atoms with Crippen molar-refractivity contribution in [3.05, 3.63) is 35.4 Å². The van der Waals surface area contributed by atoms with Gasteiger partial charge in [-0.25, -0.2) is 0 Å². The van der Waals surface area contributed by atoms with E-state index in [9.17, 15) is 24.0 Å². The van der Waals surface area contributed by atoms with Gasteiger partial charge in [-0.15, -0.1) is 0 Å². The van der Waals surface area contributed by atoms with Crippen LogP contribution in [-0.2, 0) is 25.7 Å². The monoisotopic (exact) mass is 618 g/mol. The first-order valence-electron chi connectivity index (χ1n) is 16.4. The fraction of sp³-hybridized carbons (Fsp3) is 0.676. The number of amides is 2. The number of carbonyl (C=O) groups excluding carboxylic acids is 2. The Morgan fingerprint density at radius 2 is 1.16 bits per heavy atom. The van der Waals surface area contributed by atoms with Crippen molar-refractivity contribution in [3.63, 3.8) is 0 Å². The van der Waals surface area contributed by atoms with E-state index >= 15 is 0 Å². The second-order valence-corrected chi connectivity index (χ2v) is 11.8. The SMILES string of the molecule is C[C@@H](CCCCNC(=O)c1ccc(CN(CCC(=O)O)C(=O)CCCCCCCCCCCCCCC(=O)O)cc1)C(=O)O. The van der Waals surface area contributed by atoms with Crippen molar-refractivity contribution in [2.45, 2.75) is 129 Å². The van der Waals surface area contributed by atoms with E-state index in [2.05, 4.69) is 5.32 Å². The normalized spacial score (nSPS) is 11.6. The summed E-state index contributed by atoms with van der Waals surface area (Å²) in [5.74, 6) is -3.16. The molecule has 1 rings (SSSR count). The molecular formula is C34H54N2O8. The maximum Gasteiger partial charge on any atom is 0.306 e. The second-order valence-electron chi connectivity index (χ2n) is 11.8. The van der Waals surface area contributed by atoms with Crippen LogP contribution in [0, 0.1) is 5.92 Å². The summed E-state index contributed by atoms with van der Waals surface area (Å²) in [5.41, 5.74) is 1.31. The quantitative estimate of drug-likeness (QED) is 0.0796. The zero-order chi connectivity index (χ0) is 32.6. The zero-order valence-electron chi connectivity index (χ0n) is 26.6. The highest BCUT2D eigenvalue weighted by Crippen LogP contribution is 2.15. The molecule has 248 valence electrons. The molecule has 4 N–H and O–H groups in total. The molecule has 0 aliphatic rings. The van der Waals surface area contributed by atoms with Crippen LogP contribution in [0.25, 0.3) is 0 Å². The minimum Gasteiger partial charge on any atom is -0.481 e. The highest BCUT2D eigenvalue weighted by molar-refractivity contribution is 5.94. The number of carboxylic acid groups (broad SMARTS) is 3. The molecule has 0 saturated heterocycles. The number of nitrogens with one attached hydrogen (secondary N) is 1. The van der Waals surface area contributed by atoms with Gasteiger partial charge >= 0.3 is 17.9 Å². The molecule has 10 nitrogen and oxygen atoms in total. The van der Waals surface area contributed by atoms with Gasteiger partial charge in [0.1, 0.15) is 0 Å². The molecule has 2 amide bonds. The van der Waals surface area contributed by atoms with Crippen molar-refractivity contribution in [2.75, 3.05) is 13.1 Å². The van der Waals surface area contributed by atoms with Gasteiger partial charge in [0.25, 0.3) is 5.91 Å². The zero-order valence-corrected chi connectivity index (χ0v) is 26.6. The molecule has 0 unspecified atom stereocenters. The Labute approximate surface area is 262 Å². The summed E-state index contributed by atoms with van der Waals surface area (Å²) in [6, 6.07) is 6.95. The van der Waals surface area contributed by atoms with Gasteiger partial charge in [0.15, 0.2) is 0 Å². The third-order valence-electron chi connectivity index (χ3n) is 7.84. The lowest BCUT2D eigenvalue weighted by atomic mass is 10.0. The summed E-state index contributed by atoms with van der Waals surface area (Å²) in [6.45, 7) is 2.55. The van der Waals surface area contributed by atoms with Crippen LogP contribution in [0.4, 0.5) is 0 Å². The molecule has 1 aromatic carbocycles. The van der Waals surface area contributed by atoms with Crippen LogP contribution in [-0.4, -0.2) is 63.0 Å². The molecule has 44 heavy (non-hydrogen) atoms. The van der Waals surface area contributed by atoms with Crippen molar-refractivity contribution >= 4 is 29.7 Å². The Kier molecular flexibility index (Phi) is 21.0. The molecule has 0 aromatic heterocycles. The summed E-state index contributed by atoms with van der Waals surface area (Å²) >= 11 is 0. The third-order valence-corrected chi connectivity index (χ3v) is 7.84. The molecule has 0 saturated carbocycles. The lowest BCUT2D eigenvalue weighted by molar-refractivity contribution is -0.141. The van der Waals surface area contributed by atoms with E-state index in [1.54, 1.807) is 36.1 Å².